The highest BCUT2D eigenvalue weighted by molar-refractivity contribution is 5.87. The van der Waals surface area contributed by atoms with Crippen molar-refractivity contribution in [3.63, 3.8) is 0 Å². The second-order valence-corrected chi connectivity index (χ2v) is 4.45. The molecule has 102 valence electrons. The van der Waals surface area contributed by atoms with E-state index in [1.54, 1.807) is 6.20 Å². The van der Waals surface area contributed by atoms with Gasteiger partial charge in [0, 0.05) is 19.5 Å². The van der Waals surface area contributed by atoms with E-state index in [-0.39, 0.29) is 18.0 Å². The summed E-state index contributed by atoms with van der Waals surface area (Å²) in [5.41, 5.74) is 0.154. The minimum Gasteiger partial charge on any atom is -0.481 e. The molecule has 1 aliphatic rings. The van der Waals surface area contributed by atoms with Gasteiger partial charge in [0.25, 0.3) is 0 Å². The van der Waals surface area contributed by atoms with Crippen molar-refractivity contribution in [2.45, 2.75) is 12.8 Å². The fourth-order valence-corrected chi connectivity index (χ4v) is 2.17. The molecule has 0 spiro atoms. The number of carboxylic acids is 1. The average Bonchev–Trinajstić information content (AvgIpc) is 2.85. The van der Waals surface area contributed by atoms with E-state index in [1.165, 1.54) is 13.3 Å². The number of anilines is 1. The smallest absolute Gasteiger partial charge is 0.358 e. The molecule has 0 amide bonds. The fraction of sp³-hybridized carbons (Fsp3) is 0.500. The van der Waals surface area contributed by atoms with Crippen LogP contribution in [0.3, 0.4) is 0 Å². The number of hydrogen-bond acceptors (Lipinski definition) is 6. The first-order chi connectivity index (χ1) is 9.10. The third-order valence-electron chi connectivity index (χ3n) is 3.09. The molecule has 1 atom stereocenters. The maximum Gasteiger partial charge on any atom is 0.358 e. The molecule has 0 radical (unpaired) electrons. The van der Waals surface area contributed by atoms with Gasteiger partial charge in [-0.1, -0.05) is 0 Å². The topological polar surface area (TPSA) is 92.6 Å². The Hall–Kier alpha value is -2.18. The van der Waals surface area contributed by atoms with Crippen LogP contribution in [0.15, 0.2) is 12.4 Å². The highest BCUT2D eigenvalue weighted by Gasteiger charge is 2.26. The van der Waals surface area contributed by atoms with Gasteiger partial charge in [-0.25, -0.2) is 9.78 Å². The zero-order valence-electron chi connectivity index (χ0n) is 10.6. The highest BCUT2D eigenvalue weighted by atomic mass is 16.5. The second-order valence-electron chi connectivity index (χ2n) is 4.45. The minimum absolute atomic E-state index is 0.112. The summed E-state index contributed by atoms with van der Waals surface area (Å²) in [5.74, 6) is -0.631. The number of hydrogen-bond donors (Lipinski definition) is 1. The summed E-state index contributed by atoms with van der Waals surface area (Å²) in [6, 6.07) is 0. The Balaban J connectivity index is 2.07. The summed E-state index contributed by atoms with van der Waals surface area (Å²) < 4.78 is 4.59. The SMILES string of the molecule is COC(=O)c1cncc(N2CCC(CC(=O)O)C2)n1. The zero-order chi connectivity index (χ0) is 13.8. The fourth-order valence-electron chi connectivity index (χ4n) is 2.17. The number of carbonyl (C=O) groups is 2. The second kappa shape index (κ2) is 5.64. The van der Waals surface area contributed by atoms with Crippen LogP contribution < -0.4 is 4.90 Å². The van der Waals surface area contributed by atoms with Crippen molar-refractivity contribution in [2.75, 3.05) is 25.1 Å². The number of carboxylic acid groups (broad SMARTS) is 1. The van der Waals surface area contributed by atoms with Gasteiger partial charge in [0.1, 0.15) is 5.82 Å². The molecule has 2 heterocycles. The Kier molecular flexibility index (Phi) is 3.94. The molecule has 19 heavy (non-hydrogen) atoms. The lowest BCUT2D eigenvalue weighted by atomic mass is 10.1. The highest BCUT2D eigenvalue weighted by Crippen LogP contribution is 2.23. The first-order valence-corrected chi connectivity index (χ1v) is 5.97. The predicted octanol–water partition coefficient (Wildman–Crippen LogP) is 0.564. The van der Waals surface area contributed by atoms with Crippen molar-refractivity contribution in [3.8, 4) is 0 Å². The van der Waals surface area contributed by atoms with Crippen LogP contribution in [0, 0.1) is 5.92 Å². The lowest BCUT2D eigenvalue weighted by Crippen LogP contribution is -2.22. The van der Waals surface area contributed by atoms with E-state index >= 15 is 0 Å². The van der Waals surface area contributed by atoms with E-state index in [4.69, 9.17) is 5.11 Å². The molecule has 0 aliphatic carbocycles. The van der Waals surface area contributed by atoms with Crippen LogP contribution in [0.5, 0.6) is 0 Å². The van der Waals surface area contributed by atoms with Crippen LogP contribution in [0.4, 0.5) is 5.82 Å². The number of carbonyl (C=O) groups excluding carboxylic acids is 1. The molecule has 1 aromatic rings. The van der Waals surface area contributed by atoms with Crippen LogP contribution in [0.2, 0.25) is 0 Å². The molecule has 1 unspecified atom stereocenters. The number of aliphatic carboxylic acids is 1. The maximum absolute atomic E-state index is 11.4. The van der Waals surface area contributed by atoms with E-state index in [0.29, 0.717) is 12.4 Å². The molecule has 1 saturated heterocycles. The Bertz CT molecular complexity index is 492. The summed E-state index contributed by atoms with van der Waals surface area (Å²) in [4.78, 5) is 32.1. The molecule has 1 aliphatic heterocycles. The monoisotopic (exact) mass is 265 g/mol. The first-order valence-electron chi connectivity index (χ1n) is 5.97. The Labute approximate surface area is 110 Å². The van der Waals surface area contributed by atoms with Crippen LogP contribution >= 0.6 is 0 Å². The molecule has 2 rings (SSSR count). The number of ether oxygens (including phenoxy) is 1. The number of aromatic nitrogens is 2. The number of nitrogens with zero attached hydrogens (tertiary/aromatic N) is 3. The van der Waals surface area contributed by atoms with Crippen molar-refractivity contribution in [1.82, 2.24) is 9.97 Å². The third kappa shape index (κ3) is 3.18. The maximum atomic E-state index is 11.4. The van der Waals surface area contributed by atoms with Crippen LogP contribution in [-0.2, 0) is 9.53 Å². The molecule has 1 fully saturated rings. The number of methoxy groups -OCH3 is 1. The van der Waals surface area contributed by atoms with E-state index in [0.717, 1.165) is 13.0 Å². The van der Waals surface area contributed by atoms with Gasteiger partial charge in [0.05, 0.1) is 19.5 Å². The Morgan fingerprint density at radius 1 is 1.53 bits per heavy atom. The van der Waals surface area contributed by atoms with Crippen LogP contribution in [0.1, 0.15) is 23.3 Å². The minimum atomic E-state index is -0.791. The summed E-state index contributed by atoms with van der Waals surface area (Å²) in [7, 11) is 1.29. The molecular formula is C12H15N3O4. The molecule has 7 heteroatoms. The van der Waals surface area contributed by atoms with Gasteiger partial charge in [-0.2, -0.15) is 0 Å². The van der Waals surface area contributed by atoms with Gasteiger partial charge in [-0.15, -0.1) is 0 Å². The van der Waals surface area contributed by atoms with Crippen molar-refractivity contribution in [3.05, 3.63) is 18.1 Å². The number of esters is 1. The normalized spacial score (nSPS) is 18.4. The Morgan fingerprint density at radius 2 is 2.32 bits per heavy atom. The van der Waals surface area contributed by atoms with Crippen molar-refractivity contribution < 1.29 is 19.4 Å². The van der Waals surface area contributed by atoms with Crippen molar-refractivity contribution in [1.29, 1.82) is 0 Å². The van der Waals surface area contributed by atoms with E-state index in [1.807, 2.05) is 4.90 Å². The molecule has 1 N–H and O–H groups in total. The van der Waals surface area contributed by atoms with Gasteiger partial charge in [-0.3, -0.25) is 9.78 Å². The van der Waals surface area contributed by atoms with Crippen molar-refractivity contribution >= 4 is 17.8 Å². The first kappa shape index (κ1) is 13.3. The molecular weight excluding hydrogens is 250 g/mol. The van der Waals surface area contributed by atoms with E-state index < -0.39 is 11.9 Å². The lowest BCUT2D eigenvalue weighted by molar-refractivity contribution is -0.137. The molecule has 0 bridgehead atoms. The van der Waals surface area contributed by atoms with Crippen molar-refractivity contribution in [2.24, 2.45) is 5.92 Å². The molecule has 1 aromatic heterocycles. The third-order valence-corrected chi connectivity index (χ3v) is 3.09. The molecule has 0 saturated carbocycles. The summed E-state index contributed by atoms with van der Waals surface area (Å²) in [6.07, 6.45) is 3.87. The van der Waals surface area contributed by atoms with Gasteiger partial charge in [0.2, 0.25) is 0 Å². The summed E-state index contributed by atoms with van der Waals surface area (Å²) in [5, 5.41) is 8.77. The van der Waals surface area contributed by atoms with Gasteiger partial charge >= 0.3 is 11.9 Å². The van der Waals surface area contributed by atoms with Gasteiger partial charge < -0.3 is 14.7 Å². The molecule has 7 nitrogen and oxygen atoms in total. The van der Waals surface area contributed by atoms with E-state index in [9.17, 15) is 9.59 Å². The molecule has 0 aromatic carbocycles. The lowest BCUT2D eigenvalue weighted by Gasteiger charge is -2.17. The summed E-state index contributed by atoms with van der Waals surface area (Å²) >= 11 is 0. The zero-order valence-corrected chi connectivity index (χ0v) is 10.6. The standard InChI is InChI=1S/C12H15N3O4/c1-19-12(18)9-5-13-6-10(14-9)15-3-2-8(7-15)4-11(16)17/h5-6,8H,2-4,7H2,1H3,(H,16,17). The quantitative estimate of drug-likeness (QED) is 0.795. The van der Waals surface area contributed by atoms with Gasteiger partial charge in [0.15, 0.2) is 5.69 Å². The average molecular weight is 265 g/mol. The van der Waals surface area contributed by atoms with E-state index in [2.05, 4.69) is 14.7 Å². The van der Waals surface area contributed by atoms with Crippen LogP contribution in [-0.4, -0.2) is 47.2 Å². The van der Waals surface area contributed by atoms with Crippen LogP contribution in [0.25, 0.3) is 0 Å². The Morgan fingerprint density at radius 3 is 3.00 bits per heavy atom. The largest absolute Gasteiger partial charge is 0.481 e. The predicted molar refractivity (Wildman–Crippen MR) is 65.9 cm³/mol. The van der Waals surface area contributed by atoms with Gasteiger partial charge in [-0.05, 0) is 12.3 Å². The summed E-state index contributed by atoms with van der Waals surface area (Å²) in [6.45, 7) is 1.34. The number of rotatable bonds is 4.